The summed E-state index contributed by atoms with van der Waals surface area (Å²) in [6.45, 7) is 2.09. The number of ether oxygens (including phenoxy) is 1. The molecular weight excluding hydrogens is 334 g/mol. The van der Waals surface area contributed by atoms with Gasteiger partial charge in [0.1, 0.15) is 6.29 Å². The van der Waals surface area contributed by atoms with Crippen molar-refractivity contribution in [2.45, 2.75) is 64.2 Å². The number of hydrogen-bond acceptors (Lipinski definition) is 2. The summed E-state index contributed by atoms with van der Waals surface area (Å²) >= 11 is 0. The second-order valence-corrected chi connectivity index (χ2v) is 8.80. The predicted molar refractivity (Wildman–Crippen MR) is 96.2 cm³/mol. The summed E-state index contributed by atoms with van der Waals surface area (Å²) in [5.41, 5.74) is 1.000. The van der Waals surface area contributed by atoms with Crippen molar-refractivity contribution in [1.82, 2.24) is 0 Å². The number of aldehydes is 1. The topological polar surface area (TPSA) is 26.3 Å². The van der Waals surface area contributed by atoms with Crippen molar-refractivity contribution >= 4 is 6.29 Å². The summed E-state index contributed by atoms with van der Waals surface area (Å²) in [4.78, 5) is 10.8. The lowest BCUT2D eigenvalue weighted by Crippen LogP contribution is -2.50. The number of halogens is 2. The highest BCUT2D eigenvalue weighted by atomic mass is 19.2. The second-order valence-electron chi connectivity index (χ2n) is 8.80. The van der Waals surface area contributed by atoms with Crippen LogP contribution in [0.3, 0.4) is 0 Å². The molecule has 0 heterocycles. The van der Waals surface area contributed by atoms with Crippen LogP contribution in [0.1, 0.15) is 69.8 Å². The normalized spacial score (nSPS) is 36.3. The minimum Gasteiger partial charge on any atom is -0.491 e. The third-order valence-electron chi connectivity index (χ3n) is 7.23. The van der Waals surface area contributed by atoms with Crippen LogP contribution >= 0.6 is 0 Å². The molecule has 142 valence electrons. The molecule has 0 aliphatic heterocycles. The van der Waals surface area contributed by atoms with Gasteiger partial charge >= 0.3 is 0 Å². The fraction of sp³-hybridized carbons (Fsp3) is 0.682. The minimum atomic E-state index is -0.845. The van der Waals surface area contributed by atoms with E-state index < -0.39 is 11.6 Å². The number of carbonyl (C=O) groups excluding carboxylic acids is 1. The van der Waals surface area contributed by atoms with E-state index in [-0.39, 0.29) is 11.7 Å². The summed E-state index contributed by atoms with van der Waals surface area (Å²) in [5, 5.41) is 0. The molecule has 0 N–H and O–H groups in total. The Kier molecular flexibility index (Phi) is 4.79. The van der Waals surface area contributed by atoms with Gasteiger partial charge < -0.3 is 9.53 Å². The molecule has 1 aromatic rings. The molecule has 2 nitrogen and oxygen atoms in total. The van der Waals surface area contributed by atoms with Crippen molar-refractivity contribution in [2.24, 2.45) is 23.2 Å². The molecule has 4 heteroatoms. The van der Waals surface area contributed by atoms with Crippen molar-refractivity contribution in [3.05, 3.63) is 29.3 Å². The van der Waals surface area contributed by atoms with Crippen LogP contribution < -0.4 is 4.74 Å². The Morgan fingerprint density at radius 2 is 1.73 bits per heavy atom. The van der Waals surface area contributed by atoms with Crippen LogP contribution in [-0.4, -0.2) is 12.9 Å². The van der Waals surface area contributed by atoms with E-state index >= 15 is 0 Å². The Bertz CT molecular complexity index is 665. The van der Waals surface area contributed by atoms with Crippen molar-refractivity contribution in [2.75, 3.05) is 6.61 Å². The first-order valence-corrected chi connectivity index (χ1v) is 10.1. The lowest BCUT2D eigenvalue weighted by molar-refractivity contribution is -0.130. The largest absolute Gasteiger partial charge is 0.491 e. The zero-order chi connectivity index (χ0) is 18.3. The highest BCUT2D eigenvalue weighted by molar-refractivity contribution is 5.56. The van der Waals surface area contributed by atoms with Crippen molar-refractivity contribution in [1.29, 1.82) is 0 Å². The Hall–Kier alpha value is -1.45. The molecule has 0 unspecified atom stereocenters. The van der Waals surface area contributed by atoms with Crippen molar-refractivity contribution in [3.63, 3.8) is 0 Å². The van der Waals surface area contributed by atoms with Gasteiger partial charge in [-0.1, -0.05) is 6.07 Å². The van der Waals surface area contributed by atoms with Gasteiger partial charge in [-0.2, -0.15) is 4.39 Å². The molecular formula is C22H28F2O2. The van der Waals surface area contributed by atoms with Gasteiger partial charge in [0.05, 0.1) is 6.61 Å². The zero-order valence-electron chi connectivity index (χ0n) is 15.5. The van der Waals surface area contributed by atoms with E-state index in [0.29, 0.717) is 23.5 Å². The maximum atomic E-state index is 14.4. The second kappa shape index (κ2) is 6.94. The third kappa shape index (κ3) is 3.05. The molecule has 0 amide bonds. The molecule has 3 aliphatic rings. The number of rotatable bonds is 5. The monoisotopic (exact) mass is 362 g/mol. The molecule has 0 radical (unpaired) electrons. The molecule has 26 heavy (non-hydrogen) atoms. The summed E-state index contributed by atoms with van der Waals surface area (Å²) in [7, 11) is 0. The van der Waals surface area contributed by atoms with Crippen LogP contribution in [0, 0.1) is 34.8 Å². The maximum Gasteiger partial charge on any atom is 0.200 e. The summed E-state index contributed by atoms with van der Waals surface area (Å²) in [6.07, 6.45) is 9.96. The van der Waals surface area contributed by atoms with Gasteiger partial charge in [-0.05, 0) is 93.1 Å². The van der Waals surface area contributed by atoms with Crippen LogP contribution in [0.5, 0.6) is 5.75 Å². The minimum absolute atomic E-state index is 0.0105. The molecule has 0 saturated heterocycles. The van der Waals surface area contributed by atoms with Crippen molar-refractivity contribution in [3.8, 4) is 5.75 Å². The van der Waals surface area contributed by atoms with Crippen LogP contribution in [-0.2, 0) is 4.79 Å². The molecule has 0 bridgehead atoms. The highest BCUT2D eigenvalue weighted by Crippen LogP contribution is 2.63. The number of benzene rings is 1. The Labute approximate surface area is 154 Å². The lowest BCUT2D eigenvalue weighted by Gasteiger charge is -2.59. The molecule has 3 fully saturated rings. The Balaban J connectivity index is 1.32. The van der Waals surface area contributed by atoms with Gasteiger partial charge in [0.2, 0.25) is 5.82 Å². The van der Waals surface area contributed by atoms with Crippen LogP contribution in [0.4, 0.5) is 8.78 Å². The first-order valence-electron chi connectivity index (χ1n) is 10.1. The van der Waals surface area contributed by atoms with Crippen LogP contribution in [0.25, 0.3) is 0 Å². The van der Waals surface area contributed by atoms with Gasteiger partial charge in [0.25, 0.3) is 0 Å². The van der Waals surface area contributed by atoms with Crippen LogP contribution in [0.2, 0.25) is 0 Å². The average molecular weight is 362 g/mol. The van der Waals surface area contributed by atoms with E-state index in [9.17, 15) is 13.6 Å². The SMILES string of the molecule is CCOc1ccc(C2CCC(C3CC4(CC(C=O)C4)C3)CC2)c(F)c1F. The highest BCUT2D eigenvalue weighted by Gasteiger charge is 2.54. The summed E-state index contributed by atoms with van der Waals surface area (Å²) in [6, 6.07) is 3.28. The first-order chi connectivity index (χ1) is 12.5. The number of hydrogen-bond donors (Lipinski definition) is 0. The standard InChI is InChI=1S/C22H28F2O2/c1-2-26-19-8-7-18(20(23)21(19)24)16-5-3-15(4-6-16)17-11-22(12-17)9-14(10-22)13-25/h7-8,13-17H,2-6,9-12H2,1H3. The van der Waals surface area contributed by atoms with Crippen LogP contribution in [0.15, 0.2) is 12.1 Å². The maximum absolute atomic E-state index is 14.4. The number of carbonyl (C=O) groups is 1. The van der Waals surface area contributed by atoms with Gasteiger partial charge in [-0.3, -0.25) is 0 Å². The fourth-order valence-electron chi connectivity index (χ4n) is 5.90. The van der Waals surface area contributed by atoms with E-state index in [2.05, 4.69) is 0 Å². The average Bonchev–Trinajstić information content (AvgIpc) is 2.58. The molecule has 0 aromatic heterocycles. The summed E-state index contributed by atoms with van der Waals surface area (Å²) in [5.74, 6) is 0.376. The van der Waals surface area contributed by atoms with Crippen molar-refractivity contribution < 1.29 is 18.3 Å². The molecule has 3 saturated carbocycles. The van der Waals surface area contributed by atoms with E-state index in [0.717, 1.165) is 56.6 Å². The molecule has 3 aliphatic carbocycles. The smallest absolute Gasteiger partial charge is 0.200 e. The molecule has 1 spiro atoms. The van der Waals surface area contributed by atoms with E-state index in [1.807, 2.05) is 0 Å². The lowest BCUT2D eigenvalue weighted by atomic mass is 9.46. The van der Waals surface area contributed by atoms with Gasteiger partial charge in [-0.25, -0.2) is 4.39 Å². The van der Waals surface area contributed by atoms with Gasteiger partial charge in [-0.15, -0.1) is 0 Å². The first kappa shape index (κ1) is 17.9. The summed E-state index contributed by atoms with van der Waals surface area (Å²) < 4.78 is 33.7. The van der Waals surface area contributed by atoms with E-state index in [4.69, 9.17) is 4.74 Å². The quantitative estimate of drug-likeness (QED) is 0.633. The Morgan fingerprint density at radius 1 is 1.04 bits per heavy atom. The molecule has 4 rings (SSSR count). The third-order valence-corrected chi connectivity index (χ3v) is 7.23. The van der Waals surface area contributed by atoms with Gasteiger partial charge in [0.15, 0.2) is 11.6 Å². The molecule has 1 aromatic carbocycles. The fourth-order valence-corrected chi connectivity index (χ4v) is 5.90. The predicted octanol–water partition coefficient (Wildman–Crippen LogP) is 5.64. The van der Waals surface area contributed by atoms with E-state index in [1.54, 1.807) is 19.1 Å². The molecule has 0 atom stereocenters. The van der Waals surface area contributed by atoms with Gasteiger partial charge in [0, 0.05) is 5.92 Å². The Morgan fingerprint density at radius 3 is 2.35 bits per heavy atom. The van der Waals surface area contributed by atoms with E-state index in [1.165, 1.54) is 12.8 Å². The zero-order valence-corrected chi connectivity index (χ0v) is 15.5.